The number of imidazole rings is 1. The summed E-state index contributed by atoms with van der Waals surface area (Å²) in [6, 6.07) is 7.63. The van der Waals surface area contributed by atoms with Crippen molar-refractivity contribution in [3.63, 3.8) is 0 Å². The zero-order valence-corrected chi connectivity index (χ0v) is 14.2. The highest BCUT2D eigenvalue weighted by atomic mass is 16.5. The molecule has 124 valence electrons. The van der Waals surface area contributed by atoms with Gasteiger partial charge in [0.25, 0.3) is 0 Å². The Hall–Kier alpha value is -2.65. The van der Waals surface area contributed by atoms with E-state index in [-0.39, 0.29) is 0 Å². The lowest BCUT2D eigenvalue weighted by molar-refractivity contribution is 0.125. The van der Waals surface area contributed by atoms with E-state index in [9.17, 15) is 0 Å². The molecule has 0 fully saturated rings. The smallest absolute Gasteiger partial charge is 0.152 e. The number of fused-ring (bicyclic) bond motifs is 3. The van der Waals surface area contributed by atoms with Crippen LogP contribution in [0.4, 0.5) is 5.82 Å². The van der Waals surface area contributed by atoms with Crippen LogP contribution in [-0.4, -0.2) is 21.1 Å². The molecule has 0 aliphatic carbocycles. The highest BCUT2D eigenvalue weighted by Crippen LogP contribution is 2.30. The standard InChI is InChI=1S/C18H21N5O/c1-4-24-10-15-22-16-17(23(15)9-11(2)3)13-6-5-12(8-19)7-14(13)21-18(16)20/h5-7,11H,4,9-10H2,1-3H3,(H2,20,21). The third-order valence-electron chi connectivity index (χ3n) is 3.90. The molecule has 2 N–H and O–H groups in total. The van der Waals surface area contributed by atoms with Gasteiger partial charge in [-0.3, -0.25) is 0 Å². The fourth-order valence-electron chi connectivity index (χ4n) is 2.89. The number of aromatic nitrogens is 3. The van der Waals surface area contributed by atoms with E-state index in [1.807, 2.05) is 13.0 Å². The lowest BCUT2D eigenvalue weighted by Gasteiger charge is -2.13. The molecule has 0 bridgehead atoms. The van der Waals surface area contributed by atoms with Crippen LogP contribution < -0.4 is 5.73 Å². The minimum Gasteiger partial charge on any atom is -0.382 e. The fourth-order valence-corrected chi connectivity index (χ4v) is 2.89. The summed E-state index contributed by atoms with van der Waals surface area (Å²) in [5.41, 5.74) is 9.09. The van der Waals surface area contributed by atoms with Crippen molar-refractivity contribution in [3.8, 4) is 6.07 Å². The normalized spacial score (nSPS) is 11.5. The molecule has 0 spiro atoms. The van der Waals surface area contributed by atoms with Crippen LogP contribution in [0, 0.1) is 17.2 Å². The molecular formula is C18H21N5O. The number of ether oxygens (including phenoxy) is 1. The topological polar surface area (TPSA) is 89.8 Å². The number of nitriles is 1. The van der Waals surface area contributed by atoms with E-state index in [4.69, 9.17) is 15.7 Å². The van der Waals surface area contributed by atoms with Gasteiger partial charge in [0, 0.05) is 18.5 Å². The monoisotopic (exact) mass is 323 g/mol. The van der Waals surface area contributed by atoms with Crippen LogP contribution in [0.1, 0.15) is 32.2 Å². The van der Waals surface area contributed by atoms with Gasteiger partial charge in [-0.15, -0.1) is 0 Å². The summed E-state index contributed by atoms with van der Waals surface area (Å²) in [5, 5.41) is 10.1. The van der Waals surface area contributed by atoms with Gasteiger partial charge in [0.05, 0.1) is 22.7 Å². The molecule has 0 aliphatic heterocycles. The molecule has 0 amide bonds. The zero-order valence-electron chi connectivity index (χ0n) is 14.2. The molecule has 6 nitrogen and oxygen atoms in total. The van der Waals surface area contributed by atoms with Gasteiger partial charge in [0.2, 0.25) is 0 Å². The van der Waals surface area contributed by atoms with Crippen molar-refractivity contribution in [1.29, 1.82) is 5.26 Å². The lowest BCUT2D eigenvalue weighted by Crippen LogP contribution is -2.10. The summed E-state index contributed by atoms with van der Waals surface area (Å²) >= 11 is 0. The maximum absolute atomic E-state index is 9.11. The number of nitrogens with two attached hydrogens (primary N) is 1. The number of anilines is 1. The summed E-state index contributed by atoms with van der Waals surface area (Å²) in [4.78, 5) is 9.12. The highest BCUT2D eigenvalue weighted by molar-refractivity contribution is 6.06. The molecule has 0 atom stereocenters. The molecule has 3 aromatic rings. The molecule has 0 saturated carbocycles. The molecule has 2 heterocycles. The van der Waals surface area contributed by atoms with E-state index < -0.39 is 0 Å². The van der Waals surface area contributed by atoms with Crippen LogP contribution in [0.3, 0.4) is 0 Å². The third-order valence-corrected chi connectivity index (χ3v) is 3.90. The summed E-state index contributed by atoms with van der Waals surface area (Å²) < 4.78 is 7.74. The maximum Gasteiger partial charge on any atom is 0.152 e. The number of rotatable bonds is 5. The first kappa shape index (κ1) is 16.2. The molecule has 2 aromatic heterocycles. The van der Waals surface area contributed by atoms with E-state index in [1.54, 1.807) is 12.1 Å². The minimum atomic E-state index is 0.382. The zero-order chi connectivity index (χ0) is 17.3. The van der Waals surface area contributed by atoms with Gasteiger partial charge >= 0.3 is 0 Å². The average Bonchev–Trinajstić information content (AvgIpc) is 2.91. The molecule has 6 heteroatoms. The molecule has 0 aliphatic rings. The number of hydrogen-bond acceptors (Lipinski definition) is 5. The number of pyridine rings is 1. The summed E-state index contributed by atoms with van der Waals surface area (Å²) in [7, 11) is 0. The molecule has 0 unspecified atom stereocenters. The van der Waals surface area contributed by atoms with Crippen molar-refractivity contribution >= 4 is 27.8 Å². The van der Waals surface area contributed by atoms with Crippen LogP contribution in [0.2, 0.25) is 0 Å². The second-order valence-corrected chi connectivity index (χ2v) is 6.21. The van der Waals surface area contributed by atoms with Crippen molar-refractivity contribution in [2.45, 2.75) is 33.9 Å². The van der Waals surface area contributed by atoms with Gasteiger partial charge in [-0.25, -0.2) is 9.97 Å². The van der Waals surface area contributed by atoms with Gasteiger partial charge in [0.1, 0.15) is 17.9 Å². The Bertz CT molecular complexity index is 936. The molecular weight excluding hydrogens is 302 g/mol. The van der Waals surface area contributed by atoms with Crippen molar-refractivity contribution < 1.29 is 4.74 Å². The van der Waals surface area contributed by atoms with Crippen molar-refractivity contribution in [2.75, 3.05) is 12.3 Å². The van der Waals surface area contributed by atoms with Gasteiger partial charge in [0.15, 0.2) is 5.82 Å². The maximum atomic E-state index is 9.11. The molecule has 0 saturated heterocycles. The minimum absolute atomic E-state index is 0.382. The van der Waals surface area contributed by atoms with Crippen molar-refractivity contribution in [3.05, 3.63) is 29.6 Å². The predicted molar refractivity (Wildman–Crippen MR) is 94.3 cm³/mol. The predicted octanol–water partition coefficient (Wildman–Crippen LogP) is 3.23. The Morgan fingerprint density at radius 1 is 1.33 bits per heavy atom. The SMILES string of the molecule is CCOCc1nc2c(N)nc3cc(C#N)ccc3c2n1CC(C)C. The van der Waals surface area contributed by atoms with Crippen LogP contribution in [-0.2, 0) is 17.9 Å². The highest BCUT2D eigenvalue weighted by Gasteiger charge is 2.18. The first-order chi connectivity index (χ1) is 11.5. The fraction of sp³-hybridized carbons (Fsp3) is 0.389. The Labute approximate surface area is 140 Å². The Balaban J connectivity index is 2.33. The van der Waals surface area contributed by atoms with Gasteiger partial charge in [-0.1, -0.05) is 13.8 Å². The van der Waals surface area contributed by atoms with E-state index in [0.717, 1.165) is 23.3 Å². The quantitative estimate of drug-likeness (QED) is 0.778. The Morgan fingerprint density at radius 3 is 2.79 bits per heavy atom. The molecule has 24 heavy (non-hydrogen) atoms. The van der Waals surface area contributed by atoms with Crippen molar-refractivity contribution in [2.24, 2.45) is 5.92 Å². The summed E-state index contributed by atoms with van der Waals surface area (Å²) in [5.74, 6) is 1.68. The van der Waals surface area contributed by atoms with E-state index in [1.165, 1.54) is 0 Å². The molecule has 3 rings (SSSR count). The van der Waals surface area contributed by atoms with Crippen LogP contribution in [0.15, 0.2) is 18.2 Å². The summed E-state index contributed by atoms with van der Waals surface area (Å²) in [6.45, 7) is 8.18. The van der Waals surface area contributed by atoms with Gasteiger partial charge in [-0.05, 0) is 31.0 Å². The Morgan fingerprint density at radius 2 is 2.12 bits per heavy atom. The first-order valence-corrected chi connectivity index (χ1v) is 8.11. The first-order valence-electron chi connectivity index (χ1n) is 8.11. The van der Waals surface area contributed by atoms with E-state index in [2.05, 4.69) is 34.5 Å². The molecule has 1 aromatic carbocycles. The number of benzene rings is 1. The third kappa shape index (κ3) is 2.79. The average molecular weight is 323 g/mol. The Kier molecular flexibility index (Phi) is 4.36. The van der Waals surface area contributed by atoms with E-state index >= 15 is 0 Å². The number of nitrogen functional groups attached to an aromatic ring is 1. The van der Waals surface area contributed by atoms with Crippen LogP contribution in [0.5, 0.6) is 0 Å². The second-order valence-electron chi connectivity index (χ2n) is 6.21. The van der Waals surface area contributed by atoms with Crippen LogP contribution >= 0.6 is 0 Å². The lowest BCUT2D eigenvalue weighted by atomic mass is 10.1. The largest absolute Gasteiger partial charge is 0.382 e. The van der Waals surface area contributed by atoms with E-state index in [0.29, 0.717) is 41.5 Å². The number of hydrogen-bond donors (Lipinski definition) is 1. The van der Waals surface area contributed by atoms with Gasteiger partial charge in [-0.2, -0.15) is 5.26 Å². The molecule has 0 radical (unpaired) electrons. The number of nitrogens with zero attached hydrogens (tertiary/aromatic N) is 4. The summed E-state index contributed by atoms with van der Waals surface area (Å²) in [6.07, 6.45) is 0. The van der Waals surface area contributed by atoms with Crippen molar-refractivity contribution in [1.82, 2.24) is 14.5 Å². The second kappa shape index (κ2) is 6.46. The van der Waals surface area contributed by atoms with Gasteiger partial charge < -0.3 is 15.0 Å². The van der Waals surface area contributed by atoms with Crippen LogP contribution in [0.25, 0.3) is 21.9 Å².